The lowest BCUT2D eigenvalue weighted by Gasteiger charge is -2.32. The predicted molar refractivity (Wildman–Crippen MR) is 89.3 cm³/mol. The molecule has 0 bridgehead atoms. The Morgan fingerprint density at radius 1 is 1.17 bits per heavy atom. The van der Waals surface area contributed by atoms with E-state index in [1.165, 1.54) is 0 Å². The van der Waals surface area contributed by atoms with Gasteiger partial charge in [-0.05, 0) is 32.1 Å². The molecule has 0 rings (SSSR count). The zero-order valence-electron chi connectivity index (χ0n) is 15.7. The van der Waals surface area contributed by atoms with Gasteiger partial charge >= 0.3 is 12.1 Å². The minimum atomic E-state index is -0.543. The zero-order valence-corrected chi connectivity index (χ0v) is 15.7. The molecule has 1 amide bonds. The highest BCUT2D eigenvalue weighted by Gasteiger charge is 2.36. The van der Waals surface area contributed by atoms with Crippen molar-refractivity contribution in [1.29, 1.82) is 0 Å². The van der Waals surface area contributed by atoms with Crippen LogP contribution in [0.5, 0.6) is 0 Å². The first-order chi connectivity index (χ1) is 10.5. The first-order valence-corrected chi connectivity index (χ1v) is 8.14. The molecular weight excluding hydrogens is 298 g/mol. The van der Waals surface area contributed by atoms with Crippen molar-refractivity contribution < 1.29 is 23.8 Å². The number of ether oxygens (including phenoxy) is 3. The molecule has 0 spiro atoms. The Kier molecular flexibility index (Phi) is 9.20. The van der Waals surface area contributed by atoms with E-state index in [1.54, 1.807) is 14.0 Å². The molecule has 23 heavy (non-hydrogen) atoms. The lowest BCUT2D eigenvalue weighted by Crippen LogP contribution is -2.36. The van der Waals surface area contributed by atoms with E-state index in [2.05, 4.69) is 26.1 Å². The monoisotopic (exact) mass is 331 g/mol. The third-order valence-electron chi connectivity index (χ3n) is 3.51. The maximum atomic E-state index is 12.3. The van der Waals surface area contributed by atoms with Crippen LogP contribution in [0.4, 0.5) is 4.79 Å². The summed E-state index contributed by atoms with van der Waals surface area (Å²) in [5, 5.41) is 2.55. The van der Waals surface area contributed by atoms with Crippen molar-refractivity contribution in [2.45, 2.75) is 60.5 Å². The van der Waals surface area contributed by atoms with Gasteiger partial charge in [-0.15, -0.1) is 0 Å². The Labute approximate surface area is 140 Å². The number of hydrogen-bond donors (Lipinski definition) is 1. The van der Waals surface area contributed by atoms with Crippen molar-refractivity contribution in [3.8, 4) is 0 Å². The summed E-state index contributed by atoms with van der Waals surface area (Å²) < 4.78 is 15.2. The molecular formula is C17H33NO5. The average Bonchev–Trinajstić information content (AvgIpc) is 2.41. The fourth-order valence-corrected chi connectivity index (χ4v) is 2.48. The number of alkyl carbamates (subject to hydrolysis) is 1. The number of carbonyl (C=O) groups is 2. The van der Waals surface area contributed by atoms with Gasteiger partial charge in [0.2, 0.25) is 0 Å². The van der Waals surface area contributed by atoms with Gasteiger partial charge in [0.05, 0.1) is 18.6 Å². The molecule has 6 heteroatoms. The highest BCUT2D eigenvalue weighted by Crippen LogP contribution is 2.37. The van der Waals surface area contributed by atoms with E-state index in [9.17, 15) is 9.59 Å². The van der Waals surface area contributed by atoms with Crippen molar-refractivity contribution in [3.63, 3.8) is 0 Å². The van der Waals surface area contributed by atoms with E-state index >= 15 is 0 Å². The van der Waals surface area contributed by atoms with Gasteiger partial charge in [-0.3, -0.25) is 4.79 Å². The Hall–Kier alpha value is -1.30. The highest BCUT2D eigenvalue weighted by molar-refractivity contribution is 5.76. The van der Waals surface area contributed by atoms with Crippen LogP contribution in [-0.2, 0) is 19.0 Å². The number of methoxy groups -OCH3 is 1. The van der Waals surface area contributed by atoms with Gasteiger partial charge in [-0.25, -0.2) is 4.79 Å². The molecule has 0 saturated heterocycles. The van der Waals surface area contributed by atoms with Crippen LogP contribution in [0, 0.1) is 10.8 Å². The molecule has 6 nitrogen and oxygen atoms in total. The zero-order chi connectivity index (χ0) is 18.1. The maximum absolute atomic E-state index is 12.3. The number of rotatable bonds is 9. The smallest absolute Gasteiger partial charge is 0.407 e. The van der Waals surface area contributed by atoms with Gasteiger partial charge in [-0.1, -0.05) is 27.7 Å². The fourth-order valence-electron chi connectivity index (χ4n) is 2.48. The summed E-state index contributed by atoms with van der Waals surface area (Å²) in [6.07, 6.45) is 0.600. The number of esters is 1. The van der Waals surface area contributed by atoms with Gasteiger partial charge in [0, 0.05) is 7.11 Å². The number of carbonyl (C=O) groups excluding carboxylic acids is 2. The molecule has 0 aromatic rings. The van der Waals surface area contributed by atoms with E-state index in [-0.39, 0.29) is 30.6 Å². The molecule has 0 aliphatic rings. The van der Waals surface area contributed by atoms with Crippen LogP contribution in [0.3, 0.4) is 0 Å². The van der Waals surface area contributed by atoms with Crippen molar-refractivity contribution in [1.82, 2.24) is 5.32 Å². The second-order valence-corrected chi connectivity index (χ2v) is 7.39. The van der Waals surface area contributed by atoms with Gasteiger partial charge in [-0.2, -0.15) is 0 Å². The van der Waals surface area contributed by atoms with Crippen LogP contribution in [-0.4, -0.2) is 45.0 Å². The molecule has 0 aliphatic heterocycles. The number of amides is 1. The average molecular weight is 331 g/mol. The van der Waals surface area contributed by atoms with E-state index in [0.29, 0.717) is 13.0 Å². The summed E-state index contributed by atoms with van der Waals surface area (Å²) in [6.45, 7) is 12.7. The highest BCUT2D eigenvalue weighted by atomic mass is 16.6. The molecule has 136 valence electrons. The minimum Gasteiger partial charge on any atom is -0.463 e. The number of hydrogen-bond acceptors (Lipinski definition) is 5. The Balaban J connectivity index is 4.16. The van der Waals surface area contributed by atoms with Gasteiger partial charge < -0.3 is 19.5 Å². The third-order valence-corrected chi connectivity index (χ3v) is 3.51. The summed E-state index contributed by atoms with van der Waals surface area (Å²) in [4.78, 5) is 23.8. The Morgan fingerprint density at radius 2 is 1.78 bits per heavy atom. The molecule has 1 N–H and O–H groups in total. The molecule has 0 saturated carbocycles. The van der Waals surface area contributed by atoms with Crippen LogP contribution in [0.1, 0.15) is 54.4 Å². The SMILES string of the molecule is CCC(C)(CC(C)(C)C)C(=O)OCCNC(=O)OC(C)COC. The molecule has 2 atom stereocenters. The van der Waals surface area contributed by atoms with Gasteiger partial charge in [0.25, 0.3) is 0 Å². The van der Waals surface area contributed by atoms with Crippen LogP contribution < -0.4 is 5.32 Å². The van der Waals surface area contributed by atoms with E-state index in [1.807, 2.05) is 13.8 Å². The van der Waals surface area contributed by atoms with Gasteiger partial charge in [0.15, 0.2) is 0 Å². The lowest BCUT2D eigenvalue weighted by molar-refractivity contribution is -0.156. The molecule has 0 radical (unpaired) electrons. The fraction of sp³-hybridized carbons (Fsp3) is 0.882. The molecule has 0 aromatic carbocycles. The summed E-state index contributed by atoms with van der Waals surface area (Å²) in [5.41, 5.74) is -0.463. The van der Waals surface area contributed by atoms with Crippen LogP contribution in [0.2, 0.25) is 0 Å². The van der Waals surface area contributed by atoms with E-state index in [4.69, 9.17) is 14.2 Å². The van der Waals surface area contributed by atoms with Crippen molar-refractivity contribution in [2.75, 3.05) is 26.9 Å². The van der Waals surface area contributed by atoms with Crippen LogP contribution >= 0.6 is 0 Å². The standard InChI is InChI=1S/C17H33NO5/c1-8-17(6,12-16(3,4)5)14(19)22-10-9-18-15(20)23-13(2)11-21-7/h13H,8-12H2,1-7H3,(H,18,20). The van der Waals surface area contributed by atoms with Gasteiger partial charge in [0.1, 0.15) is 12.7 Å². The van der Waals surface area contributed by atoms with E-state index < -0.39 is 11.5 Å². The Bertz CT molecular complexity index is 378. The Morgan fingerprint density at radius 3 is 2.26 bits per heavy atom. The largest absolute Gasteiger partial charge is 0.463 e. The molecule has 0 fully saturated rings. The summed E-state index contributed by atoms with van der Waals surface area (Å²) in [5.74, 6) is -0.224. The summed E-state index contributed by atoms with van der Waals surface area (Å²) in [7, 11) is 1.54. The molecule has 0 aromatic heterocycles. The molecule has 0 aliphatic carbocycles. The first kappa shape index (κ1) is 21.7. The third kappa shape index (κ3) is 9.43. The molecule has 2 unspecified atom stereocenters. The summed E-state index contributed by atoms with van der Waals surface area (Å²) >= 11 is 0. The first-order valence-electron chi connectivity index (χ1n) is 8.14. The normalized spacial score (nSPS) is 15.4. The van der Waals surface area contributed by atoms with Crippen LogP contribution in [0.15, 0.2) is 0 Å². The lowest BCUT2D eigenvalue weighted by atomic mass is 9.73. The minimum absolute atomic E-state index is 0.0450. The quantitative estimate of drug-likeness (QED) is 0.519. The topological polar surface area (TPSA) is 73.9 Å². The van der Waals surface area contributed by atoms with Crippen molar-refractivity contribution in [2.24, 2.45) is 10.8 Å². The van der Waals surface area contributed by atoms with Crippen LogP contribution in [0.25, 0.3) is 0 Å². The maximum Gasteiger partial charge on any atom is 0.407 e. The van der Waals surface area contributed by atoms with Crippen molar-refractivity contribution in [3.05, 3.63) is 0 Å². The van der Waals surface area contributed by atoms with Crippen molar-refractivity contribution >= 4 is 12.1 Å². The summed E-state index contributed by atoms with van der Waals surface area (Å²) in [6, 6.07) is 0. The second kappa shape index (κ2) is 9.75. The predicted octanol–water partition coefficient (Wildman–Crippen LogP) is 3.14. The molecule has 0 heterocycles. The van der Waals surface area contributed by atoms with E-state index in [0.717, 1.165) is 6.42 Å². The second-order valence-electron chi connectivity index (χ2n) is 7.39. The number of nitrogens with one attached hydrogen (secondary N) is 1.